The van der Waals surface area contributed by atoms with Gasteiger partial charge in [0.1, 0.15) is 6.33 Å². The smallest absolute Gasteiger partial charge is 0.251 e. The van der Waals surface area contributed by atoms with E-state index < -0.39 is 0 Å². The summed E-state index contributed by atoms with van der Waals surface area (Å²) >= 11 is 0. The topological polar surface area (TPSA) is 65.6 Å². The highest BCUT2D eigenvalue weighted by atomic mass is 16.1. The fourth-order valence-electron chi connectivity index (χ4n) is 2.15. The fraction of sp³-hybridized carbons (Fsp3) is 0.231. The molecule has 2 aromatic heterocycles. The van der Waals surface area contributed by atoms with Crippen molar-refractivity contribution in [2.45, 2.75) is 19.5 Å². The standard InChI is InChI=1S/C13H13N5O/c19-13-7-6-11-4-1-2-5-12(11)18(13)9-3-8-17-10-14-15-16-17/h1-2,4-7,10H,3,8-9H2. The lowest BCUT2D eigenvalue weighted by Crippen LogP contribution is -2.20. The van der Waals surface area contributed by atoms with E-state index in [1.165, 1.54) is 0 Å². The molecule has 19 heavy (non-hydrogen) atoms. The minimum Gasteiger partial charge on any atom is -0.308 e. The molecule has 2 heterocycles. The van der Waals surface area contributed by atoms with Crippen molar-refractivity contribution in [2.75, 3.05) is 0 Å². The third-order valence-electron chi connectivity index (χ3n) is 3.06. The van der Waals surface area contributed by atoms with Crippen LogP contribution in [0.15, 0.2) is 47.5 Å². The largest absolute Gasteiger partial charge is 0.308 e. The van der Waals surface area contributed by atoms with Gasteiger partial charge in [-0.1, -0.05) is 18.2 Å². The highest BCUT2D eigenvalue weighted by Gasteiger charge is 2.02. The lowest BCUT2D eigenvalue weighted by Gasteiger charge is -2.09. The van der Waals surface area contributed by atoms with Crippen LogP contribution in [0.1, 0.15) is 6.42 Å². The van der Waals surface area contributed by atoms with Gasteiger partial charge in [-0.3, -0.25) is 4.79 Å². The summed E-state index contributed by atoms with van der Waals surface area (Å²) < 4.78 is 3.45. The number of rotatable bonds is 4. The van der Waals surface area contributed by atoms with Crippen LogP contribution < -0.4 is 5.56 Å². The first kappa shape index (κ1) is 11.6. The molecule has 3 aromatic rings. The summed E-state index contributed by atoms with van der Waals surface area (Å²) in [5, 5.41) is 12.0. The van der Waals surface area contributed by atoms with Crippen LogP contribution >= 0.6 is 0 Å². The Kier molecular flexibility index (Phi) is 3.06. The Bertz CT molecular complexity index is 732. The zero-order valence-electron chi connectivity index (χ0n) is 10.3. The maximum absolute atomic E-state index is 11.9. The predicted molar refractivity (Wildman–Crippen MR) is 70.6 cm³/mol. The van der Waals surface area contributed by atoms with Crippen LogP contribution in [0.4, 0.5) is 0 Å². The lowest BCUT2D eigenvalue weighted by molar-refractivity contribution is 0.515. The van der Waals surface area contributed by atoms with E-state index in [-0.39, 0.29) is 5.56 Å². The number of hydrogen-bond acceptors (Lipinski definition) is 4. The number of aryl methyl sites for hydroxylation is 2. The summed E-state index contributed by atoms with van der Waals surface area (Å²) in [5.74, 6) is 0. The number of aromatic nitrogens is 5. The van der Waals surface area contributed by atoms with Gasteiger partial charge >= 0.3 is 0 Å². The number of pyridine rings is 1. The van der Waals surface area contributed by atoms with Crippen molar-refractivity contribution in [3.8, 4) is 0 Å². The van der Waals surface area contributed by atoms with Crippen molar-refractivity contribution < 1.29 is 0 Å². The number of para-hydroxylation sites is 1. The van der Waals surface area contributed by atoms with Crippen molar-refractivity contribution in [3.63, 3.8) is 0 Å². The van der Waals surface area contributed by atoms with Gasteiger partial charge in [0.25, 0.3) is 5.56 Å². The minimum atomic E-state index is 0.0235. The molecule has 0 unspecified atom stereocenters. The number of tetrazole rings is 1. The van der Waals surface area contributed by atoms with Crippen molar-refractivity contribution in [1.82, 2.24) is 24.8 Å². The first-order chi connectivity index (χ1) is 9.34. The van der Waals surface area contributed by atoms with Gasteiger partial charge in [0.15, 0.2) is 0 Å². The van der Waals surface area contributed by atoms with E-state index in [9.17, 15) is 4.79 Å². The Morgan fingerprint density at radius 3 is 2.79 bits per heavy atom. The second-order valence-corrected chi connectivity index (χ2v) is 4.31. The first-order valence-corrected chi connectivity index (χ1v) is 6.14. The van der Waals surface area contributed by atoms with Gasteiger partial charge in [-0.05, 0) is 34.4 Å². The van der Waals surface area contributed by atoms with Crippen LogP contribution in [-0.4, -0.2) is 24.8 Å². The van der Waals surface area contributed by atoms with Crippen molar-refractivity contribution in [1.29, 1.82) is 0 Å². The van der Waals surface area contributed by atoms with Crippen LogP contribution in [0.5, 0.6) is 0 Å². The second-order valence-electron chi connectivity index (χ2n) is 4.31. The highest BCUT2D eigenvalue weighted by molar-refractivity contribution is 5.78. The molecule has 0 radical (unpaired) electrons. The molecule has 0 saturated carbocycles. The van der Waals surface area contributed by atoms with Crippen molar-refractivity contribution in [3.05, 3.63) is 53.1 Å². The molecule has 3 rings (SSSR count). The van der Waals surface area contributed by atoms with Gasteiger partial charge < -0.3 is 4.57 Å². The molecular weight excluding hydrogens is 242 g/mol. The number of fused-ring (bicyclic) bond motifs is 1. The number of nitrogens with zero attached hydrogens (tertiary/aromatic N) is 5. The van der Waals surface area contributed by atoms with Crippen LogP contribution in [0.25, 0.3) is 10.9 Å². The molecule has 0 bridgehead atoms. The van der Waals surface area contributed by atoms with Crippen LogP contribution in [0.3, 0.4) is 0 Å². The quantitative estimate of drug-likeness (QED) is 0.699. The van der Waals surface area contributed by atoms with Crippen LogP contribution in [0.2, 0.25) is 0 Å². The molecule has 0 N–H and O–H groups in total. The van der Waals surface area contributed by atoms with Crippen LogP contribution in [0, 0.1) is 0 Å². The monoisotopic (exact) mass is 255 g/mol. The number of hydrogen-bond donors (Lipinski definition) is 0. The van der Waals surface area contributed by atoms with E-state index in [1.807, 2.05) is 30.3 Å². The molecule has 0 aliphatic heterocycles. The Labute approximate surface area is 109 Å². The van der Waals surface area contributed by atoms with Gasteiger partial charge in [-0.15, -0.1) is 5.10 Å². The Balaban J connectivity index is 1.84. The fourth-order valence-corrected chi connectivity index (χ4v) is 2.15. The average molecular weight is 255 g/mol. The van der Waals surface area contributed by atoms with Crippen molar-refractivity contribution in [2.24, 2.45) is 0 Å². The van der Waals surface area contributed by atoms with Gasteiger partial charge in [-0.2, -0.15) is 0 Å². The van der Waals surface area contributed by atoms with E-state index in [1.54, 1.807) is 21.6 Å². The zero-order valence-corrected chi connectivity index (χ0v) is 10.3. The van der Waals surface area contributed by atoms with Gasteiger partial charge in [-0.25, -0.2) is 4.68 Å². The zero-order chi connectivity index (χ0) is 13.1. The van der Waals surface area contributed by atoms with E-state index in [4.69, 9.17) is 0 Å². The Morgan fingerprint density at radius 1 is 1.05 bits per heavy atom. The summed E-state index contributed by atoms with van der Waals surface area (Å²) in [7, 11) is 0. The van der Waals surface area contributed by atoms with Gasteiger partial charge in [0.2, 0.25) is 0 Å². The third-order valence-corrected chi connectivity index (χ3v) is 3.06. The Morgan fingerprint density at radius 2 is 1.95 bits per heavy atom. The molecule has 0 saturated heterocycles. The average Bonchev–Trinajstić information content (AvgIpc) is 2.94. The first-order valence-electron chi connectivity index (χ1n) is 6.14. The second kappa shape index (κ2) is 5.01. The maximum atomic E-state index is 11.9. The lowest BCUT2D eigenvalue weighted by atomic mass is 10.2. The van der Waals surface area contributed by atoms with Gasteiger partial charge in [0, 0.05) is 19.2 Å². The molecule has 96 valence electrons. The van der Waals surface area contributed by atoms with Crippen molar-refractivity contribution >= 4 is 10.9 Å². The molecule has 0 aliphatic carbocycles. The van der Waals surface area contributed by atoms with E-state index in [0.717, 1.165) is 17.3 Å². The molecule has 0 spiro atoms. The molecule has 1 aromatic carbocycles. The van der Waals surface area contributed by atoms with E-state index in [2.05, 4.69) is 15.5 Å². The molecule has 0 aliphatic rings. The molecular formula is C13H13N5O. The maximum Gasteiger partial charge on any atom is 0.251 e. The molecule has 0 amide bonds. The van der Waals surface area contributed by atoms with Gasteiger partial charge in [0.05, 0.1) is 5.52 Å². The SMILES string of the molecule is O=c1ccc2ccccc2n1CCCn1cnnn1. The molecule has 0 fully saturated rings. The summed E-state index contributed by atoms with van der Waals surface area (Å²) in [6, 6.07) is 11.4. The third kappa shape index (κ3) is 2.37. The molecule has 6 nitrogen and oxygen atoms in total. The summed E-state index contributed by atoms with van der Waals surface area (Å²) in [6.07, 6.45) is 2.38. The van der Waals surface area contributed by atoms with E-state index >= 15 is 0 Å². The molecule has 6 heteroatoms. The minimum absolute atomic E-state index is 0.0235. The Hall–Kier alpha value is -2.50. The highest BCUT2D eigenvalue weighted by Crippen LogP contribution is 2.11. The number of benzene rings is 1. The van der Waals surface area contributed by atoms with Crippen LogP contribution in [-0.2, 0) is 13.1 Å². The predicted octanol–water partition coefficient (Wildman–Crippen LogP) is 1.08. The molecule has 0 atom stereocenters. The normalized spacial score (nSPS) is 10.9. The summed E-state index contributed by atoms with van der Waals surface area (Å²) in [6.45, 7) is 1.35. The summed E-state index contributed by atoms with van der Waals surface area (Å²) in [5.41, 5.74) is 0.988. The van der Waals surface area contributed by atoms with E-state index in [0.29, 0.717) is 13.1 Å². The summed E-state index contributed by atoms with van der Waals surface area (Å²) in [4.78, 5) is 11.9.